The van der Waals surface area contributed by atoms with Gasteiger partial charge in [-0.15, -0.1) is 0 Å². The highest BCUT2D eigenvalue weighted by molar-refractivity contribution is 5.84. The molecule has 1 saturated heterocycles. The van der Waals surface area contributed by atoms with Crippen LogP contribution in [0.3, 0.4) is 0 Å². The molecule has 0 spiro atoms. The Morgan fingerprint density at radius 1 is 1.12 bits per heavy atom. The molecule has 2 aliphatic rings. The van der Waals surface area contributed by atoms with Gasteiger partial charge in [-0.2, -0.15) is 0 Å². The first kappa shape index (κ1) is 11.4. The summed E-state index contributed by atoms with van der Waals surface area (Å²) in [4.78, 5) is 24.4. The van der Waals surface area contributed by atoms with Crippen LogP contribution in [0.5, 0.6) is 0 Å². The zero-order valence-corrected chi connectivity index (χ0v) is 9.65. The fourth-order valence-corrected chi connectivity index (χ4v) is 2.74. The molecule has 4 nitrogen and oxygen atoms in total. The van der Waals surface area contributed by atoms with Gasteiger partial charge in [0.2, 0.25) is 12.3 Å². The van der Waals surface area contributed by atoms with E-state index in [1.807, 2.05) is 0 Å². The largest absolute Gasteiger partial charge is 0.352 e. The zero-order valence-electron chi connectivity index (χ0n) is 9.65. The van der Waals surface area contributed by atoms with Gasteiger partial charge in [-0.3, -0.25) is 9.59 Å². The number of hydrogen-bond acceptors (Lipinski definition) is 2. The van der Waals surface area contributed by atoms with E-state index in [9.17, 15) is 9.59 Å². The van der Waals surface area contributed by atoms with Crippen LogP contribution in [-0.2, 0) is 9.59 Å². The minimum atomic E-state index is -0.209. The van der Waals surface area contributed by atoms with Crippen molar-refractivity contribution in [3.05, 3.63) is 0 Å². The van der Waals surface area contributed by atoms with Crippen LogP contribution in [0.15, 0.2) is 0 Å². The zero-order chi connectivity index (χ0) is 11.4. The van der Waals surface area contributed by atoms with Crippen molar-refractivity contribution in [3.8, 4) is 0 Å². The van der Waals surface area contributed by atoms with E-state index in [0.717, 1.165) is 38.6 Å². The van der Waals surface area contributed by atoms with Gasteiger partial charge >= 0.3 is 0 Å². The van der Waals surface area contributed by atoms with Gasteiger partial charge in [0.15, 0.2) is 0 Å². The Morgan fingerprint density at radius 3 is 2.56 bits per heavy atom. The Morgan fingerprint density at radius 2 is 1.88 bits per heavy atom. The minimum Gasteiger partial charge on any atom is -0.352 e. The summed E-state index contributed by atoms with van der Waals surface area (Å²) < 4.78 is 0. The molecule has 1 saturated carbocycles. The van der Waals surface area contributed by atoms with E-state index < -0.39 is 0 Å². The first-order valence-electron chi connectivity index (χ1n) is 6.32. The molecule has 0 aromatic heterocycles. The number of likely N-dealkylation sites (tertiary alicyclic amines) is 1. The van der Waals surface area contributed by atoms with Crippen LogP contribution in [0.25, 0.3) is 0 Å². The van der Waals surface area contributed by atoms with E-state index in [1.54, 1.807) is 4.90 Å². The Kier molecular flexibility index (Phi) is 3.80. The maximum Gasteiger partial charge on any atom is 0.243 e. The summed E-state index contributed by atoms with van der Waals surface area (Å²) in [5.41, 5.74) is 0. The third-order valence-electron chi connectivity index (χ3n) is 3.68. The fraction of sp³-hybridized carbons (Fsp3) is 0.833. The Hall–Kier alpha value is -1.06. The van der Waals surface area contributed by atoms with Crippen molar-refractivity contribution in [1.29, 1.82) is 0 Å². The maximum absolute atomic E-state index is 12.0. The van der Waals surface area contributed by atoms with Crippen LogP contribution >= 0.6 is 0 Å². The van der Waals surface area contributed by atoms with Crippen molar-refractivity contribution in [2.45, 2.75) is 57.0 Å². The number of hydrogen-bond donors (Lipinski definition) is 1. The van der Waals surface area contributed by atoms with E-state index in [2.05, 4.69) is 5.32 Å². The number of rotatable bonds is 3. The summed E-state index contributed by atoms with van der Waals surface area (Å²) in [6.45, 7) is 0.728. The third kappa shape index (κ3) is 2.54. The van der Waals surface area contributed by atoms with Crippen molar-refractivity contribution in [1.82, 2.24) is 10.2 Å². The SMILES string of the molecule is O=CN1CCC[C@H]1C(=O)NC1CCCCC1. The molecule has 0 aromatic rings. The molecule has 1 heterocycles. The molecule has 0 radical (unpaired) electrons. The molecule has 90 valence electrons. The topological polar surface area (TPSA) is 49.4 Å². The van der Waals surface area contributed by atoms with Gasteiger partial charge in [-0.1, -0.05) is 19.3 Å². The summed E-state index contributed by atoms with van der Waals surface area (Å²) in [7, 11) is 0. The van der Waals surface area contributed by atoms with Crippen molar-refractivity contribution in [3.63, 3.8) is 0 Å². The van der Waals surface area contributed by atoms with Crippen LogP contribution in [0.2, 0.25) is 0 Å². The molecule has 1 atom stereocenters. The molecule has 1 aliphatic carbocycles. The Balaban J connectivity index is 1.84. The molecule has 0 bridgehead atoms. The molecule has 1 N–H and O–H groups in total. The second kappa shape index (κ2) is 5.32. The summed E-state index contributed by atoms with van der Waals surface area (Å²) in [5.74, 6) is 0.0523. The summed E-state index contributed by atoms with van der Waals surface area (Å²) >= 11 is 0. The highest BCUT2D eigenvalue weighted by atomic mass is 16.2. The smallest absolute Gasteiger partial charge is 0.243 e. The van der Waals surface area contributed by atoms with Crippen LogP contribution in [-0.4, -0.2) is 35.8 Å². The average Bonchev–Trinajstić information content (AvgIpc) is 2.78. The molecular formula is C12H20N2O2. The molecule has 1 aliphatic heterocycles. The van der Waals surface area contributed by atoms with Gasteiger partial charge in [0, 0.05) is 12.6 Å². The standard InChI is InChI=1S/C12H20N2O2/c15-9-14-8-4-7-11(14)12(16)13-10-5-2-1-3-6-10/h9-11H,1-8H2,(H,13,16)/t11-/m0/s1. The third-order valence-corrected chi connectivity index (χ3v) is 3.68. The van der Waals surface area contributed by atoms with Gasteiger partial charge < -0.3 is 10.2 Å². The quantitative estimate of drug-likeness (QED) is 0.729. The maximum atomic E-state index is 12.0. The molecule has 0 aromatic carbocycles. The lowest BCUT2D eigenvalue weighted by molar-refractivity contribution is -0.131. The minimum absolute atomic E-state index is 0.0523. The van der Waals surface area contributed by atoms with Crippen LogP contribution in [0.4, 0.5) is 0 Å². The second-order valence-electron chi connectivity index (χ2n) is 4.84. The van der Waals surface area contributed by atoms with Gasteiger partial charge in [-0.05, 0) is 25.7 Å². The Bertz CT molecular complexity index is 262. The molecule has 2 rings (SSSR count). The highest BCUT2D eigenvalue weighted by Crippen LogP contribution is 2.19. The van der Waals surface area contributed by atoms with Gasteiger partial charge in [0.1, 0.15) is 6.04 Å². The number of carbonyl (C=O) groups excluding carboxylic acids is 2. The lowest BCUT2D eigenvalue weighted by Gasteiger charge is -2.26. The van der Waals surface area contributed by atoms with Gasteiger partial charge in [0.05, 0.1) is 0 Å². The number of nitrogens with zero attached hydrogens (tertiary/aromatic N) is 1. The normalized spacial score (nSPS) is 26.8. The highest BCUT2D eigenvalue weighted by Gasteiger charge is 2.30. The lowest BCUT2D eigenvalue weighted by atomic mass is 9.95. The van der Waals surface area contributed by atoms with E-state index in [-0.39, 0.29) is 11.9 Å². The van der Waals surface area contributed by atoms with E-state index in [4.69, 9.17) is 0 Å². The molecule has 4 heteroatoms. The first-order chi connectivity index (χ1) is 7.81. The molecule has 16 heavy (non-hydrogen) atoms. The average molecular weight is 224 g/mol. The van der Waals surface area contributed by atoms with Crippen LogP contribution in [0.1, 0.15) is 44.9 Å². The van der Waals surface area contributed by atoms with Gasteiger partial charge in [-0.25, -0.2) is 0 Å². The van der Waals surface area contributed by atoms with Crippen molar-refractivity contribution >= 4 is 12.3 Å². The van der Waals surface area contributed by atoms with E-state index in [1.165, 1.54) is 19.3 Å². The predicted octanol–water partition coefficient (Wildman–Crippen LogP) is 1.06. The molecular weight excluding hydrogens is 204 g/mol. The molecule has 2 fully saturated rings. The molecule has 2 amide bonds. The predicted molar refractivity (Wildman–Crippen MR) is 60.8 cm³/mol. The number of carbonyl (C=O) groups is 2. The monoisotopic (exact) mass is 224 g/mol. The van der Waals surface area contributed by atoms with Crippen molar-refractivity contribution in [2.24, 2.45) is 0 Å². The summed E-state index contributed by atoms with van der Waals surface area (Å²) in [6.07, 6.45) is 8.48. The van der Waals surface area contributed by atoms with E-state index >= 15 is 0 Å². The first-order valence-corrected chi connectivity index (χ1v) is 6.32. The summed E-state index contributed by atoms with van der Waals surface area (Å²) in [6, 6.07) is 0.134. The van der Waals surface area contributed by atoms with Gasteiger partial charge in [0.25, 0.3) is 0 Å². The molecule has 0 unspecified atom stereocenters. The number of nitrogens with one attached hydrogen (secondary N) is 1. The van der Waals surface area contributed by atoms with Crippen LogP contribution < -0.4 is 5.32 Å². The summed E-state index contributed by atoms with van der Waals surface area (Å²) in [5, 5.41) is 3.09. The van der Waals surface area contributed by atoms with Crippen LogP contribution in [0, 0.1) is 0 Å². The fourth-order valence-electron chi connectivity index (χ4n) is 2.74. The Labute approximate surface area is 96.4 Å². The van der Waals surface area contributed by atoms with Crippen molar-refractivity contribution < 1.29 is 9.59 Å². The van der Waals surface area contributed by atoms with E-state index in [0.29, 0.717) is 6.04 Å². The second-order valence-corrected chi connectivity index (χ2v) is 4.84. The van der Waals surface area contributed by atoms with Crippen molar-refractivity contribution in [2.75, 3.05) is 6.54 Å². The lowest BCUT2D eigenvalue weighted by Crippen LogP contribution is -2.47. The number of amides is 2.